The van der Waals surface area contributed by atoms with Gasteiger partial charge in [-0.15, -0.1) is 0 Å². The average molecular weight is 462 g/mol. The summed E-state index contributed by atoms with van der Waals surface area (Å²) in [5, 5.41) is 3.03. The van der Waals surface area contributed by atoms with E-state index in [1.54, 1.807) is 36.4 Å². The maximum Gasteiger partial charge on any atom is 0.321 e. The first-order valence-corrected chi connectivity index (χ1v) is 9.88. The topological polar surface area (TPSA) is 102 Å². The monoisotopic (exact) mass is 460 g/mol. The van der Waals surface area contributed by atoms with E-state index in [4.69, 9.17) is 16.3 Å². The molecule has 2 aromatic carbocycles. The molecule has 0 saturated heterocycles. The number of carbonyl (C=O) groups is 2. The lowest BCUT2D eigenvalue weighted by atomic mass is 10.3. The Kier molecular flexibility index (Phi) is 7.15. The first-order chi connectivity index (χ1) is 12.3. The lowest BCUT2D eigenvalue weighted by Crippen LogP contribution is -2.32. The Balaban J connectivity index is 1.79. The molecule has 26 heavy (non-hydrogen) atoms. The summed E-state index contributed by atoms with van der Waals surface area (Å²) in [6, 6.07) is 12.4. The van der Waals surface area contributed by atoms with Crippen LogP contribution in [0.5, 0.6) is 0 Å². The Morgan fingerprint density at radius 3 is 2.46 bits per heavy atom. The summed E-state index contributed by atoms with van der Waals surface area (Å²) in [6.07, 6.45) is 0. The van der Waals surface area contributed by atoms with Crippen LogP contribution in [0.1, 0.15) is 0 Å². The Bertz CT molecular complexity index is 903. The van der Waals surface area contributed by atoms with Crippen molar-refractivity contribution in [2.75, 3.05) is 18.5 Å². The van der Waals surface area contributed by atoms with Gasteiger partial charge in [-0.3, -0.25) is 9.59 Å². The van der Waals surface area contributed by atoms with Crippen LogP contribution in [0.2, 0.25) is 5.02 Å². The number of sulfonamides is 1. The molecule has 0 fully saturated rings. The second-order valence-electron chi connectivity index (χ2n) is 5.00. The van der Waals surface area contributed by atoms with Crippen molar-refractivity contribution in [3.8, 4) is 0 Å². The highest BCUT2D eigenvalue weighted by Gasteiger charge is 2.17. The van der Waals surface area contributed by atoms with Gasteiger partial charge in [0.25, 0.3) is 5.91 Å². The summed E-state index contributed by atoms with van der Waals surface area (Å²) in [5.74, 6) is -1.44. The zero-order chi connectivity index (χ0) is 19.2. The van der Waals surface area contributed by atoms with E-state index in [0.29, 0.717) is 15.2 Å². The largest absolute Gasteiger partial charge is 0.455 e. The van der Waals surface area contributed by atoms with Crippen molar-refractivity contribution in [3.05, 3.63) is 58.0 Å². The second kappa shape index (κ2) is 9.13. The van der Waals surface area contributed by atoms with Gasteiger partial charge in [-0.1, -0.05) is 33.6 Å². The molecule has 138 valence electrons. The van der Waals surface area contributed by atoms with Crippen LogP contribution >= 0.6 is 27.5 Å². The van der Waals surface area contributed by atoms with E-state index in [1.807, 2.05) is 0 Å². The average Bonchev–Trinajstić information content (AvgIpc) is 2.60. The van der Waals surface area contributed by atoms with Crippen molar-refractivity contribution in [1.29, 1.82) is 0 Å². The number of hydrogen-bond donors (Lipinski definition) is 2. The van der Waals surface area contributed by atoms with Gasteiger partial charge in [-0.05, 0) is 42.5 Å². The SMILES string of the molecule is O=C(COC(=O)CNS(=O)(=O)c1cccc(Br)c1)Nc1ccc(Cl)cc1. The second-order valence-corrected chi connectivity index (χ2v) is 8.12. The van der Waals surface area contributed by atoms with Gasteiger partial charge in [0.15, 0.2) is 6.61 Å². The highest BCUT2D eigenvalue weighted by Crippen LogP contribution is 2.15. The van der Waals surface area contributed by atoms with E-state index >= 15 is 0 Å². The van der Waals surface area contributed by atoms with Gasteiger partial charge in [0.05, 0.1) is 4.90 Å². The summed E-state index contributed by atoms with van der Waals surface area (Å²) < 4.78 is 31.6. The third-order valence-electron chi connectivity index (χ3n) is 3.01. The molecule has 2 N–H and O–H groups in total. The van der Waals surface area contributed by atoms with Crippen LogP contribution in [0.15, 0.2) is 57.9 Å². The molecule has 0 heterocycles. The summed E-state index contributed by atoms with van der Waals surface area (Å²) in [7, 11) is -3.86. The molecule has 0 bridgehead atoms. The molecule has 0 aromatic heterocycles. The maximum atomic E-state index is 12.1. The number of halogens is 2. The van der Waals surface area contributed by atoms with Crippen molar-refractivity contribution in [2.24, 2.45) is 0 Å². The number of esters is 1. The van der Waals surface area contributed by atoms with Crippen LogP contribution in [-0.2, 0) is 24.3 Å². The number of carbonyl (C=O) groups excluding carboxylic acids is 2. The molecule has 0 spiro atoms. The molecule has 0 saturated carbocycles. The molecular formula is C16H14BrClN2O5S. The van der Waals surface area contributed by atoms with Gasteiger partial charge >= 0.3 is 5.97 Å². The minimum Gasteiger partial charge on any atom is -0.455 e. The standard InChI is InChI=1S/C16H14BrClN2O5S/c17-11-2-1-3-14(8-11)26(23,24)19-9-16(22)25-10-15(21)20-13-6-4-12(18)5-7-13/h1-8,19H,9-10H2,(H,20,21). The van der Waals surface area contributed by atoms with E-state index < -0.39 is 35.1 Å². The van der Waals surface area contributed by atoms with Crippen LogP contribution < -0.4 is 10.0 Å². The van der Waals surface area contributed by atoms with Gasteiger partial charge in [-0.25, -0.2) is 8.42 Å². The molecule has 0 aliphatic heterocycles. The Morgan fingerprint density at radius 1 is 1.12 bits per heavy atom. The molecule has 7 nitrogen and oxygen atoms in total. The van der Waals surface area contributed by atoms with Gasteiger partial charge in [-0.2, -0.15) is 4.72 Å². The number of anilines is 1. The van der Waals surface area contributed by atoms with E-state index in [0.717, 1.165) is 0 Å². The molecule has 0 atom stereocenters. The normalized spacial score (nSPS) is 11.0. The smallest absolute Gasteiger partial charge is 0.321 e. The minimum absolute atomic E-state index is 0.000145. The van der Waals surface area contributed by atoms with Crippen molar-refractivity contribution < 1.29 is 22.7 Å². The number of benzene rings is 2. The quantitative estimate of drug-likeness (QED) is 0.617. The van der Waals surface area contributed by atoms with Gasteiger partial charge in [0, 0.05) is 15.2 Å². The predicted molar refractivity (Wildman–Crippen MR) is 100 cm³/mol. The van der Waals surface area contributed by atoms with Crippen LogP contribution in [0, 0.1) is 0 Å². The summed E-state index contributed by atoms with van der Waals surface area (Å²) >= 11 is 8.91. The maximum absolute atomic E-state index is 12.1. The fourth-order valence-corrected chi connectivity index (χ4v) is 3.49. The molecule has 0 aliphatic rings. The lowest BCUT2D eigenvalue weighted by molar-refractivity contribution is -0.146. The van der Waals surface area contributed by atoms with E-state index in [2.05, 4.69) is 26.0 Å². The fraction of sp³-hybridized carbons (Fsp3) is 0.125. The van der Waals surface area contributed by atoms with E-state index in [1.165, 1.54) is 12.1 Å². The third kappa shape index (κ3) is 6.41. The molecule has 2 rings (SSSR count). The first kappa shape index (κ1) is 20.4. The molecular weight excluding hydrogens is 448 g/mol. The van der Waals surface area contributed by atoms with Crippen LogP contribution in [0.25, 0.3) is 0 Å². The molecule has 0 unspecified atom stereocenters. The van der Waals surface area contributed by atoms with Crippen molar-refractivity contribution in [1.82, 2.24) is 4.72 Å². The van der Waals surface area contributed by atoms with Crippen molar-refractivity contribution >= 4 is 55.1 Å². The summed E-state index contributed by atoms with van der Waals surface area (Å²) in [5.41, 5.74) is 0.491. The zero-order valence-electron chi connectivity index (χ0n) is 13.2. The number of hydrogen-bond acceptors (Lipinski definition) is 5. The van der Waals surface area contributed by atoms with Crippen LogP contribution in [0.3, 0.4) is 0 Å². The molecule has 1 amide bonds. The molecule has 10 heteroatoms. The molecule has 0 aliphatic carbocycles. The zero-order valence-corrected chi connectivity index (χ0v) is 16.4. The lowest BCUT2D eigenvalue weighted by Gasteiger charge is -2.08. The number of amides is 1. The highest BCUT2D eigenvalue weighted by molar-refractivity contribution is 9.10. The summed E-state index contributed by atoms with van der Waals surface area (Å²) in [6.45, 7) is -1.14. The van der Waals surface area contributed by atoms with Gasteiger partial charge in [0.1, 0.15) is 6.54 Å². The van der Waals surface area contributed by atoms with Crippen LogP contribution in [-0.4, -0.2) is 33.4 Å². The number of rotatable bonds is 7. The number of ether oxygens (including phenoxy) is 1. The van der Waals surface area contributed by atoms with Crippen molar-refractivity contribution in [3.63, 3.8) is 0 Å². The van der Waals surface area contributed by atoms with Crippen molar-refractivity contribution in [2.45, 2.75) is 4.90 Å². The highest BCUT2D eigenvalue weighted by atomic mass is 79.9. The Labute approximate surface area is 163 Å². The van der Waals surface area contributed by atoms with Gasteiger partial charge in [0.2, 0.25) is 10.0 Å². The minimum atomic E-state index is -3.86. The van der Waals surface area contributed by atoms with E-state index in [-0.39, 0.29) is 4.90 Å². The Morgan fingerprint density at radius 2 is 1.81 bits per heavy atom. The third-order valence-corrected chi connectivity index (χ3v) is 5.15. The summed E-state index contributed by atoms with van der Waals surface area (Å²) in [4.78, 5) is 23.3. The van der Waals surface area contributed by atoms with E-state index in [9.17, 15) is 18.0 Å². The number of nitrogens with one attached hydrogen (secondary N) is 2. The van der Waals surface area contributed by atoms with Crippen LogP contribution in [0.4, 0.5) is 5.69 Å². The molecule has 2 aromatic rings. The molecule has 0 radical (unpaired) electrons. The Hall–Kier alpha value is -1.94. The van der Waals surface area contributed by atoms with Gasteiger partial charge < -0.3 is 10.1 Å². The first-order valence-electron chi connectivity index (χ1n) is 7.22. The fourth-order valence-electron chi connectivity index (χ4n) is 1.80. The predicted octanol–water partition coefficient (Wildman–Crippen LogP) is 2.56.